The summed E-state index contributed by atoms with van der Waals surface area (Å²) in [4.78, 5) is 8.86. The van der Waals surface area contributed by atoms with Crippen molar-refractivity contribution in [1.82, 2.24) is 10.1 Å². The van der Waals surface area contributed by atoms with Gasteiger partial charge in [-0.25, -0.2) is 0 Å². The lowest BCUT2D eigenvalue weighted by molar-refractivity contribution is -0.656. The number of H-pyrrole nitrogens is 1. The van der Waals surface area contributed by atoms with Crippen LogP contribution in [0.15, 0.2) is 54.2 Å². The van der Waals surface area contributed by atoms with Crippen LogP contribution in [0.2, 0.25) is 10.0 Å². The smallest absolute Gasteiger partial charge is 0.374 e. The maximum absolute atomic E-state index is 14.1. The summed E-state index contributed by atoms with van der Waals surface area (Å²) in [7, 11) is 0. The summed E-state index contributed by atoms with van der Waals surface area (Å²) in [6.45, 7) is 0. The summed E-state index contributed by atoms with van der Waals surface area (Å²) in [6, 6.07) is 10.2. The molecule has 11 heteroatoms. The van der Waals surface area contributed by atoms with E-state index in [1.807, 2.05) is 6.07 Å². The van der Waals surface area contributed by atoms with Gasteiger partial charge in [0, 0.05) is 27.6 Å². The number of nitrogens with one attached hydrogen (secondary N) is 1. The van der Waals surface area contributed by atoms with Gasteiger partial charge in [0.25, 0.3) is 5.60 Å². The maximum atomic E-state index is 14.1. The van der Waals surface area contributed by atoms with E-state index in [1.54, 1.807) is 12.1 Å². The van der Waals surface area contributed by atoms with Crippen LogP contribution >= 0.6 is 23.2 Å². The third-order valence-corrected chi connectivity index (χ3v) is 5.11. The molecule has 0 fully saturated rings. The number of hydrogen-bond donors (Lipinski definition) is 1. The number of nitrogens with zero attached hydrogens (tertiary/aromatic N) is 4. The molecule has 0 bridgehead atoms. The van der Waals surface area contributed by atoms with Crippen LogP contribution in [0, 0.1) is 11.3 Å². The predicted molar refractivity (Wildman–Crippen MR) is 101 cm³/mol. The fourth-order valence-corrected chi connectivity index (χ4v) is 3.75. The van der Waals surface area contributed by atoms with Crippen LogP contribution < -0.4 is 4.68 Å². The van der Waals surface area contributed by atoms with Gasteiger partial charge < -0.3 is 4.84 Å². The second-order valence-corrected chi connectivity index (χ2v) is 7.40. The van der Waals surface area contributed by atoms with Crippen LogP contribution in [-0.4, -0.2) is 22.0 Å². The molecule has 1 unspecified atom stereocenters. The first-order valence-electron chi connectivity index (χ1n) is 8.47. The molecular weight excluding hydrogens is 442 g/mol. The van der Waals surface area contributed by atoms with Crippen molar-refractivity contribution in [2.45, 2.75) is 18.2 Å². The number of hydrogen-bond acceptors (Lipinski definition) is 4. The molecule has 0 saturated carbocycles. The minimum atomic E-state index is -4.80. The molecule has 1 N–H and O–H groups in total. The molecule has 2 aromatic carbocycles. The Hall–Kier alpha value is -3.09. The van der Waals surface area contributed by atoms with Gasteiger partial charge in [-0.05, 0) is 41.4 Å². The van der Waals surface area contributed by atoms with Gasteiger partial charge in [0.05, 0.1) is 5.71 Å². The molecule has 1 aromatic heterocycles. The van der Waals surface area contributed by atoms with Crippen molar-refractivity contribution in [1.29, 1.82) is 5.26 Å². The molecule has 0 aliphatic carbocycles. The standard InChI is InChI=1S/C19H10Cl2F3N5O/c20-14-4-13(5-15(21)6-14)18(19(22,23)24)7-16(28-30-18)11-1-2-17(12(3-11)8-25)29-10-26-9-27-29/h1-6,9-10H,7H2/p+1. The maximum Gasteiger partial charge on any atom is 0.435 e. The minimum Gasteiger partial charge on any atom is -0.374 e. The molecule has 6 nitrogen and oxygen atoms in total. The Kier molecular flexibility index (Phi) is 4.92. The lowest BCUT2D eigenvalue weighted by Crippen LogP contribution is -2.42. The fraction of sp³-hybridized carbons (Fsp3) is 0.158. The number of rotatable bonds is 3. The Morgan fingerprint density at radius 1 is 1.17 bits per heavy atom. The Morgan fingerprint density at radius 2 is 1.90 bits per heavy atom. The normalized spacial score (nSPS) is 18.6. The van der Waals surface area contributed by atoms with Crippen LogP contribution in [0.25, 0.3) is 5.69 Å². The van der Waals surface area contributed by atoms with Crippen LogP contribution in [0.3, 0.4) is 0 Å². The first-order chi connectivity index (χ1) is 14.2. The van der Waals surface area contributed by atoms with Crippen LogP contribution in [0.4, 0.5) is 13.2 Å². The third kappa shape index (κ3) is 3.38. The summed E-state index contributed by atoms with van der Waals surface area (Å²) in [6.07, 6.45) is -2.51. The summed E-state index contributed by atoms with van der Waals surface area (Å²) in [5.41, 5.74) is -1.91. The van der Waals surface area contributed by atoms with Crippen LogP contribution in [0.5, 0.6) is 0 Å². The topological polar surface area (TPSA) is 77.9 Å². The van der Waals surface area contributed by atoms with Gasteiger partial charge in [0.1, 0.15) is 11.6 Å². The minimum absolute atomic E-state index is 0.0427. The molecule has 1 aliphatic rings. The van der Waals surface area contributed by atoms with Crippen LogP contribution in [0.1, 0.15) is 23.1 Å². The van der Waals surface area contributed by atoms with Gasteiger partial charge in [-0.2, -0.15) is 23.5 Å². The molecular formula is C19H11Cl2F3N5O+. The van der Waals surface area contributed by atoms with Crippen LogP contribution in [-0.2, 0) is 10.4 Å². The highest BCUT2D eigenvalue weighted by molar-refractivity contribution is 6.34. The van der Waals surface area contributed by atoms with E-state index in [-0.39, 0.29) is 26.9 Å². The van der Waals surface area contributed by atoms with Gasteiger partial charge in [-0.1, -0.05) is 28.4 Å². The molecule has 4 rings (SSSR count). The van der Waals surface area contributed by atoms with Crippen molar-refractivity contribution in [3.63, 3.8) is 0 Å². The predicted octanol–water partition coefficient (Wildman–Crippen LogP) is 4.45. The van der Waals surface area contributed by atoms with Gasteiger partial charge >= 0.3 is 12.5 Å². The van der Waals surface area contributed by atoms with Crippen molar-refractivity contribution >= 4 is 28.9 Å². The third-order valence-electron chi connectivity index (χ3n) is 4.68. The Bertz CT molecular complexity index is 1170. The summed E-state index contributed by atoms with van der Waals surface area (Å²) >= 11 is 11.8. The average molecular weight is 453 g/mol. The number of benzene rings is 2. The number of aromatic nitrogens is 3. The van der Waals surface area contributed by atoms with Gasteiger partial charge in [-0.15, -0.1) is 4.68 Å². The monoisotopic (exact) mass is 452 g/mol. The van der Waals surface area contributed by atoms with Gasteiger partial charge in [0.2, 0.25) is 6.33 Å². The lowest BCUT2D eigenvalue weighted by atomic mass is 9.86. The van der Waals surface area contributed by atoms with E-state index in [9.17, 15) is 18.4 Å². The van der Waals surface area contributed by atoms with E-state index in [0.717, 1.165) is 12.1 Å². The van der Waals surface area contributed by atoms with E-state index in [2.05, 4.69) is 15.2 Å². The zero-order valence-electron chi connectivity index (χ0n) is 14.9. The molecule has 1 aliphatic heterocycles. The first kappa shape index (κ1) is 20.2. The molecule has 152 valence electrons. The van der Waals surface area contributed by atoms with Gasteiger partial charge in [-0.3, -0.25) is 0 Å². The first-order valence-corrected chi connectivity index (χ1v) is 9.22. The highest BCUT2D eigenvalue weighted by Crippen LogP contribution is 2.49. The SMILES string of the molecule is N#Cc1cc(C2=NOC(c3cc(Cl)cc(Cl)c3)(C(F)(F)F)C2)ccc1-[n+]1cnc[nH]1. The lowest BCUT2D eigenvalue weighted by Gasteiger charge is -2.29. The zero-order chi connectivity index (χ0) is 21.5. The highest BCUT2D eigenvalue weighted by atomic mass is 35.5. The fourth-order valence-electron chi connectivity index (χ4n) is 3.22. The quantitative estimate of drug-likeness (QED) is 0.596. The van der Waals surface area contributed by atoms with Crippen molar-refractivity contribution in [3.05, 3.63) is 75.8 Å². The Balaban J connectivity index is 1.74. The molecule has 3 aromatic rings. The number of nitriles is 1. The molecule has 1 atom stereocenters. The van der Waals surface area contributed by atoms with E-state index >= 15 is 0 Å². The van der Waals surface area contributed by atoms with Crippen molar-refractivity contribution < 1.29 is 22.7 Å². The average Bonchev–Trinajstić information content (AvgIpc) is 3.37. The molecule has 2 heterocycles. The van der Waals surface area contributed by atoms with Crippen molar-refractivity contribution in [3.8, 4) is 11.8 Å². The van der Waals surface area contributed by atoms with Crippen molar-refractivity contribution in [2.75, 3.05) is 0 Å². The van der Waals surface area contributed by atoms with E-state index < -0.39 is 18.2 Å². The molecule has 30 heavy (non-hydrogen) atoms. The second-order valence-electron chi connectivity index (χ2n) is 6.53. The number of alkyl halides is 3. The summed E-state index contributed by atoms with van der Waals surface area (Å²) in [5, 5.41) is 16.1. The number of aromatic amines is 1. The molecule has 0 amide bonds. The number of halogens is 5. The Labute approximate surface area is 178 Å². The largest absolute Gasteiger partial charge is 0.435 e. The zero-order valence-corrected chi connectivity index (χ0v) is 16.4. The molecule has 0 spiro atoms. The van der Waals surface area contributed by atoms with E-state index in [0.29, 0.717) is 11.3 Å². The van der Waals surface area contributed by atoms with Crippen molar-refractivity contribution in [2.24, 2.45) is 5.16 Å². The molecule has 0 saturated heterocycles. The van der Waals surface area contributed by atoms with E-state index in [4.69, 9.17) is 28.0 Å². The Morgan fingerprint density at radius 3 is 2.50 bits per heavy atom. The van der Waals surface area contributed by atoms with Gasteiger partial charge in [0.15, 0.2) is 5.69 Å². The number of oxime groups is 1. The molecule has 0 radical (unpaired) electrons. The second kappa shape index (κ2) is 7.31. The summed E-state index contributed by atoms with van der Waals surface area (Å²) in [5.74, 6) is 0. The highest BCUT2D eigenvalue weighted by Gasteiger charge is 2.62. The van der Waals surface area contributed by atoms with E-state index in [1.165, 1.54) is 29.5 Å². The summed E-state index contributed by atoms with van der Waals surface area (Å²) < 4.78 is 43.8.